The molecule has 23 heavy (non-hydrogen) atoms. The number of fused-ring (bicyclic) bond motifs is 1. The monoisotopic (exact) mass is 335 g/mol. The normalized spacial score (nSPS) is 12.0. The minimum atomic E-state index is -0.575. The first-order valence-corrected chi connectivity index (χ1v) is 6.90. The van der Waals surface area contributed by atoms with Gasteiger partial charge in [0, 0.05) is 12.1 Å². The molecule has 2 aromatic rings. The topological polar surface area (TPSA) is 87.9 Å². The number of aldehydes is 1. The second-order valence-electron chi connectivity index (χ2n) is 4.70. The number of nitro groups is 1. The summed E-state index contributed by atoms with van der Waals surface area (Å²) in [5.74, 6) is 1.26. The van der Waals surface area contributed by atoms with Crippen LogP contribution in [0.2, 0.25) is 5.02 Å². The van der Waals surface area contributed by atoms with E-state index in [-0.39, 0.29) is 30.4 Å². The first-order chi connectivity index (χ1) is 11.1. The molecule has 0 amide bonds. The Morgan fingerprint density at radius 1 is 1.30 bits per heavy atom. The molecule has 1 aliphatic heterocycles. The predicted octanol–water partition coefficient (Wildman–Crippen LogP) is 3.37. The number of nitrogens with zero attached hydrogens (tertiary/aromatic N) is 1. The summed E-state index contributed by atoms with van der Waals surface area (Å²) in [6.45, 7) is 0.228. The molecule has 0 saturated heterocycles. The molecule has 2 aromatic carbocycles. The summed E-state index contributed by atoms with van der Waals surface area (Å²) in [6.07, 6.45) is 0.509. The predicted molar refractivity (Wildman–Crippen MR) is 80.4 cm³/mol. The average molecular weight is 336 g/mol. The van der Waals surface area contributed by atoms with Gasteiger partial charge in [0.2, 0.25) is 6.79 Å². The lowest BCUT2D eigenvalue weighted by atomic mass is 10.2. The molecule has 0 aliphatic carbocycles. The number of nitro benzene ring substituents is 1. The number of hydrogen-bond acceptors (Lipinski definition) is 6. The van der Waals surface area contributed by atoms with Crippen molar-refractivity contribution in [3.63, 3.8) is 0 Å². The molecule has 0 bridgehead atoms. The van der Waals surface area contributed by atoms with Crippen molar-refractivity contribution in [3.8, 4) is 17.2 Å². The Labute approximate surface area is 135 Å². The fraction of sp³-hybridized carbons (Fsp3) is 0.133. The molecule has 0 radical (unpaired) electrons. The molecule has 0 spiro atoms. The Kier molecular flexibility index (Phi) is 4.03. The van der Waals surface area contributed by atoms with E-state index >= 15 is 0 Å². The Balaban J connectivity index is 1.80. The van der Waals surface area contributed by atoms with Crippen molar-refractivity contribution in [3.05, 3.63) is 56.6 Å². The van der Waals surface area contributed by atoms with E-state index < -0.39 is 4.92 Å². The van der Waals surface area contributed by atoms with Gasteiger partial charge in [-0.05, 0) is 23.8 Å². The highest BCUT2D eigenvalue weighted by molar-refractivity contribution is 6.32. The van der Waals surface area contributed by atoms with Crippen molar-refractivity contribution >= 4 is 23.6 Å². The summed E-state index contributed by atoms with van der Waals surface area (Å²) in [4.78, 5) is 21.2. The maximum atomic E-state index is 11.1. The highest BCUT2D eigenvalue weighted by atomic mass is 35.5. The van der Waals surface area contributed by atoms with Crippen molar-refractivity contribution in [1.82, 2.24) is 0 Å². The summed E-state index contributed by atoms with van der Waals surface area (Å²) in [5, 5.41) is 11.1. The first-order valence-electron chi connectivity index (χ1n) is 6.53. The van der Waals surface area contributed by atoms with Gasteiger partial charge in [-0.15, -0.1) is 0 Å². The number of carbonyl (C=O) groups is 1. The van der Waals surface area contributed by atoms with Gasteiger partial charge in [0.05, 0.1) is 15.5 Å². The lowest BCUT2D eigenvalue weighted by Crippen LogP contribution is -1.99. The fourth-order valence-electron chi connectivity index (χ4n) is 2.14. The van der Waals surface area contributed by atoms with Gasteiger partial charge in [0.15, 0.2) is 17.8 Å². The molecular weight excluding hydrogens is 326 g/mol. The Bertz CT molecular complexity index is 792. The number of rotatable bonds is 5. The zero-order valence-electron chi connectivity index (χ0n) is 11.7. The van der Waals surface area contributed by atoms with Crippen LogP contribution in [0.1, 0.15) is 15.9 Å². The van der Waals surface area contributed by atoms with Crippen LogP contribution >= 0.6 is 11.6 Å². The fourth-order valence-corrected chi connectivity index (χ4v) is 2.43. The van der Waals surface area contributed by atoms with Gasteiger partial charge >= 0.3 is 0 Å². The van der Waals surface area contributed by atoms with Gasteiger partial charge in [-0.25, -0.2) is 0 Å². The number of halogens is 1. The standard InChI is InChI=1S/C15H10ClNO6/c16-12-3-9(4-14-15(12)23-8-22-14)7-21-13-2-1-11(17(19)20)5-10(13)6-18/h1-6H,7-8H2. The van der Waals surface area contributed by atoms with Crippen molar-refractivity contribution in [2.24, 2.45) is 0 Å². The molecule has 8 heteroatoms. The van der Waals surface area contributed by atoms with E-state index in [1.807, 2.05) is 0 Å². The summed E-state index contributed by atoms with van der Waals surface area (Å²) in [6, 6.07) is 7.21. The van der Waals surface area contributed by atoms with E-state index in [4.69, 9.17) is 25.8 Å². The number of benzene rings is 2. The van der Waals surface area contributed by atoms with E-state index in [2.05, 4.69) is 0 Å². The minimum Gasteiger partial charge on any atom is -0.488 e. The lowest BCUT2D eigenvalue weighted by molar-refractivity contribution is -0.384. The summed E-state index contributed by atoms with van der Waals surface area (Å²) in [5.41, 5.74) is 0.645. The van der Waals surface area contributed by atoms with Gasteiger partial charge in [-0.1, -0.05) is 11.6 Å². The van der Waals surface area contributed by atoms with E-state index in [1.54, 1.807) is 12.1 Å². The zero-order chi connectivity index (χ0) is 16.4. The van der Waals surface area contributed by atoms with Gasteiger partial charge in [0.25, 0.3) is 5.69 Å². The van der Waals surface area contributed by atoms with Crippen LogP contribution in [-0.4, -0.2) is 18.0 Å². The van der Waals surface area contributed by atoms with E-state index in [0.717, 1.165) is 11.6 Å². The molecular formula is C15H10ClNO6. The summed E-state index contributed by atoms with van der Waals surface area (Å²) in [7, 11) is 0. The molecule has 1 aliphatic rings. The number of carbonyl (C=O) groups excluding carboxylic acids is 1. The lowest BCUT2D eigenvalue weighted by Gasteiger charge is -2.09. The highest BCUT2D eigenvalue weighted by Crippen LogP contribution is 2.40. The summed E-state index contributed by atoms with van der Waals surface area (Å²) < 4.78 is 16.0. The largest absolute Gasteiger partial charge is 0.488 e. The molecule has 0 unspecified atom stereocenters. The van der Waals surface area contributed by atoms with Crippen molar-refractivity contribution < 1.29 is 23.9 Å². The molecule has 1 heterocycles. The van der Waals surface area contributed by atoms with Crippen molar-refractivity contribution in [1.29, 1.82) is 0 Å². The third-order valence-corrected chi connectivity index (χ3v) is 3.49. The highest BCUT2D eigenvalue weighted by Gasteiger charge is 2.19. The van der Waals surface area contributed by atoms with Gasteiger partial charge in [0.1, 0.15) is 12.4 Å². The number of non-ortho nitro benzene ring substituents is 1. The smallest absolute Gasteiger partial charge is 0.270 e. The van der Waals surface area contributed by atoms with Crippen LogP contribution < -0.4 is 14.2 Å². The van der Waals surface area contributed by atoms with Crippen LogP contribution in [0.25, 0.3) is 0 Å². The van der Waals surface area contributed by atoms with E-state index in [1.165, 1.54) is 12.1 Å². The van der Waals surface area contributed by atoms with Gasteiger partial charge in [-0.3, -0.25) is 14.9 Å². The molecule has 7 nitrogen and oxygen atoms in total. The molecule has 0 saturated carbocycles. The second-order valence-corrected chi connectivity index (χ2v) is 5.10. The van der Waals surface area contributed by atoms with Gasteiger partial charge < -0.3 is 14.2 Å². The maximum absolute atomic E-state index is 11.1. The average Bonchev–Trinajstić information content (AvgIpc) is 3.01. The number of ether oxygens (including phenoxy) is 3. The first kappa shape index (κ1) is 15.1. The third-order valence-electron chi connectivity index (χ3n) is 3.21. The van der Waals surface area contributed by atoms with Crippen molar-refractivity contribution in [2.75, 3.05) is 6.79 Å². The van der Waals surface area contributed by atoms with Crippen molar-refractivity contribution in [2.45, 2.75) is 6.61 Å². The van der Waals surface area contributed by atoms with Crippen LogP contribution in [0.15, 0.2) is 30.3 Å². The van der Waals surface area contributed by atoms with Crippen LogP contribution in [0.3, 0.4) is 0 Å². The molecule has 0 atom stereocenters. The third kappa shape index (κ3) is 3.04. The Morgan fingerprint density at radius 3 is 2.87 bits per heavy atom. The molecule has 118 valence electrons. The van der Waals surface area contributed by atoms with E-state index in [9.17, 15) is 14.9 Å². The molecule has 0 N–H and O–H groups in total. The van der Waals surface area contributed by atoms with Gasteiger partial charge in [-0.2, -0.15) is 0 Å². The zero-order valence-corrected chi connectivity index (χ0v) is 12.4. The van der Waals surface area contributed by atoms with Crippen LogP contribution in [0.5, 0.6) is 17.2 Å². The van der Waals surface area contributed by atoms with E-state index in [0.29, 0.717) is 22.8 Å². The quantitative estimate of drug-likeness (QED) is 0.473. The van der Waals surface area contributed by atoms with Crippen LogP contribution in [0.4, 0.5) is 5.69 Å². The maximum Gasteiger partial charge on any atom is 0.270 e. The SMILES string of the molecule is O=Cc1cc([N+](=O)[O-])ccc1OCc1cc(Cl)c2c(c1)OCO2. The second kappa shape index (κ2) is 6.13. The van der Waals surface area contributed by atoms with Crippen LogP contribution in [-0.2, 0) is 6.61 Å². The van der Waals surface area contributed by atoms with Crippen LogP contribution in [0, 0.1) is 10.1 Å². The molecule has 0 fully saturated rings. The molecule has 0 aromatic heterocycles. The summed E-state index contributed by atoms with van der Waals surface area (Å²) >= 11 is 6.08. The number of hydrogen-bond donors (Lipinski definition) is 0. The molecule has 3 rings (SSSR count). The Morgan fingerprint density at radius 2 is 2.13 bits per heavy atom. The minimum absolute atomic E-state index is 0.103. The Hall–Kier alpha value is -2.80.